The molecule has 0 saturated heterocycles. The number of carbonyl (C=O) groups is 2. The number of hydrogen-bond acceptors (Lipinski definition) is 3. The topological polar surface area (TPSA) is 55.4 Å². The lowest BCUT2D eigenvalue weighted by atomic mass is 10.0. The van der Waals surface area contributed by atoms with Crippen LogP contribution in [0.5, 0.6) is 5.75 Å². The predicted molar refractivity (Wildman–Crippen MR) is 93.7 cm³/mol. The first-order chi connectivity index (χ1) is 11.5. The van der Waals surface area contributed by atoms with Crippen LogP contribution in [0.3, 0.4) is 0 Å². The number of benzene rings is 2. The normalized spacial score (nSPS) is 13.0. The van der Waals surface area contributed by atoms with Crippen LogP contribution in [0, 0.1) is 0 Å². The van der Waals surface area contributed by atoms with E-state index in [2.05, 4.69) is 19.2 Å². The Hall–Kier alpha value is -2.62. The van der Waals surface area contributed by atoms with Gasteiger partial charge in [-0.1, -0.05) is 38.1 Å². The van der Waals surface area contributed by atoms with E-state index in [-0.39, 0.29) is 18.3 Å². The quantitative estimate of drug-likeness (QED) is 0.906. The van der Waals surface area contributed by atoms with E-state index in [0.717, 1.165) is 16.8 Å². The third-order valence-corrected chi connectivity index (χ3v) is 4.26. The molecule has 0 saturated carbocycles. The number of rotatable bonds is 5. The molecule has 2 aromatic carbocycles. The summed E-state index contributed by atoms with van der Waals surface area (Å²) in [6, 6.07) is 13.2. The molecule has 4 nitrogen and oxygen atoms in total. The zero-order valence-corrected chi connectivity index (χ0v) is 14.0. The highest BCUT2D eigenvalue weighted by atomic mass is 16.5. The smallest absolute Gasteiger partial charge is 0.262 e. The van der Waals surface area contributed by atoms with Crippen LogP contribution in [-0.4, -0.2) is 18.3 Å². The van der Waals surface area contributed by atoms with E-state index in [1.54, 1.807) is 6.07 Å². The molecule has 1 N–H and O–H groups in total. The Balaban J connectivity index is 1.59. The molecule has 24 heavy (non-hydrogen) atoms. The van der Waals surface area contributed by atoms with Crippen LogP contribution in [0.4, 0.5) is 5.69 Å². The lowest BCUT2D eigenvalue weighted by Gasteiger charge is -2.11. The molecule has 0 radical (unpaired) electrons. The van der Waals surface area contributed by atoms with Gasteiger partial charge in [0.05, 0.1) is 0 Å². The summed E-state index contributed by atoms with van der Waals surface area (Å²) in [5.74, 6) is 1.02. The van der Waals surface area contributed by atoms with E-state index in [4.69, 9.17) is 4.74 Å². The van der Waals surface area contributed by atoms with Crippen molar-refractivity contribution in [3.05, 3.63) is 59.2 Å². The van der Waals surface area contributed by atoms with Crippen molar-refractivity contribution in [3.63, 3.8) is 0 Å². The Morgan fingerprint density at radius 3 is 2.58 bits per heavy atom. The molecule has 0 fully saturated rings. The average Bonchev–Trinajstić information content (AvgIpc) is 2.95. The van der Waals surface area contributed by atoms with Crippen LogP contribution in [0.2, 0.25) is 0 Å². The molecule has 2 aromatic rings. The van der Waals surface area contributed by atoms with E-state index < -0.39 is 0 Å². The molecule has 0 bridgehead atoms. The van der Waals surface area contributed by atoms with Gasteiger partial charge in [-0.05, 0) is 36.1 Å². The van der Waals surface area contributed by atoms with Crippen molar-refractivity contribution in [2.24, 2.45) is 0 Å². The first-order valence-corrected chi connectivity index (χ1v) is 8.22. The van der Waals surface area contributed by atoms with Crippen LogP contribution in [0.25, 0.3) is 0 Å². The molecule has 4 heteroatoms. The number of carbonyl (C=O) groups excluding carboxylic acids is 2. The minimum absolute atomic E-state index is 0.0728. The lowest BCUT2D eigenvalue weighted by Crippen LogP contribution is -2.20. The molecule has 0 aliphatic heterocycles. The van der Waals surface area contributed by atoms with Gasteiger partial charge in [-0.25, -0.2) is 0 Å². The van der Waals surface area contributed by atoms with Gasteiger partial charge in [0, 0.05) is 23.2 Å². The summed E-state index contributed by atoms with van der Waals surface area (Å²) in [5, 5.41) is 2.82. The van der Waals surface area contributed by atoms with E-state index in [9.17, 15) is 9.59 Å². The first-order valence-electron chi connectivity index (χ1n) is 8.22. The predicted octanol–water partition coefficient (Wildman–Crippen LogP) is 3.96. The van der Waals surface area contributed by atoms with Gasteiger partial charge in [-0.2, -0.15) is 0 Å². The van der Waals surface area contributed by atoms with Gasteiger partial charge in [0.15, 0.2) is 12.4 Å². The molecule has 0 heterocycles. The number of ether oxygens (including phenoxy) is 1. The second-order valence-corrected chi connectivity index (χ2v) is 6.32. The Bertz CT molecular complexity index is 763. The molecular formula is C20H21NO3. The summed E-state index contributed by atoms with van der Waals surface area (Å²) in [5.41, 5.74) is 3.61. The highest BCUT2D eigenvalue weighted by Gasteiger charge is 2.22. The van der Waals surface area contributed by atoms with Gasteiger partial charge in [-0.3, -0.25) is 9.59 Å². The number of anilines is 1. The number of ketones is 1. The third kappa shape index (κ3) is 3.48. The Morgan fingerprint density at radius 1 is 1.12 bits per heavy atom. The Labute approximate surface area is 141 Å². The minimum atomic E-state index is -0.214. The Morgan fingerprint density at radius 2 is 1.88 bits per heavy atom. The maximum absolute atomic E-state index is 12.1. The fraction of sp³-hybridized carbons (Fsp3) is 0.300. The van der Waals surface area contributed by atoms with Gasteiger partial charge >= 0.3 is 0 Å². The van der Waals surface area contributed by atoms with Crippen molar-refractivity contribution in [1.82, 2.24) is 0 Å². The van der Waals surface area contributed by atoms with Crippen LogP contribution in [-0.2, 0) is 11.2 Å². The molecule has 1 amide bonds. The molecule has 0 aromatic heterocycles. The molecule has 0 unspecified atom stereocenters. The Kier molecular flexibility index (Phi) is 4.65. The molecule has 1 aliphatic carbocycles. The van der Waals surface area contributed by atoms with Gasteiger partial charge in [0.1, 0.15) is 5.75 Å². The number of nitrogens with one attached hydrogen (secondary N) is 1. The maximum atomic E-state index is 12.1. The van der Waals surface area contributed by atoms with Crippen molar-refractivity contribution < 1.29 is 14.3 Å². The fourth-order valence-corrected chi connectivity index (χ4v) is 2.88. The van der Waals surface area contributed by atoms with E-state index >= 15 is 0 Å². The number of fused-ring (bicyclic) bond motifs is 1. The van der Waals surface area contributed by atoms with Crippen LogP contribution in [0.1, 0.15) is 47.7 Å². The van der Waals surface area contributed by atoms with Crippen molar-refractivity contribution >= 4 is 17.4 Å². The van der Waals surface area contributed by atoms with E-state index in [1.807, 2.05) is 36.4 Å². The summed E-state index contributed by atoms with van der Waals surface area (Å²) >= 11 is 0. The summed E-state index contributed by atoms with van der Waals surface area (Å²) in [6.45, 7) is 4.19. The molecular weight excluding hydrogens is 302 g/mol. The number of hydrogen-bond donors (Lipinski definition) is 1. The van der Waals surface area contributed by atoms with Gasteiger partial charge in [-0.15, -0.1) is 0 Å². The van der Waals surface area contributed by atoms with Crippen LogP contribution < -0.4 is 10.1 Å². The average molecular weight is 323 g/mol. The largest absolute Gasteiger partial charge is 0.483 e. The van der Waals surface area contributed by atoms with E-state index in [0.29, 0.717) is 24.5 Å². The standard InChI is InChI=1S/C20H21NO3/c1-13(2)14-6-8-15(9-7-14)21-20(23)12-24-19-5-3-4-16-17(19)10-11-18(16)22/h3-9,13H,10-12H2,1-2H3,(H,21,23). The fourth-order valence-electron chi connectivity index (χ4n) is 2.88. The highest BCUT2D eigenvalue weighted by Crippen LogP contribution is 2.30. The van der Waals surface area contributed by atoms with Gasteiger partial charge in [0.25, 0.3) is 5.91 Å². The zero-order chi connectivity index (χ0) is 17.1. The minimum Gasteiger partial charge on any atom is -0.483 e. The van der Waals surface area contributed by atoms with Crippen molar-refractivity contribution in [3.8, 4) is 5.75 Å². The lowest BCUT2D eigenvalue weighted by molar-refractivity contribution is -0.118. The summed E-state index contributed by atoms with van der Waals surface area (Å²) in [4.78, 5) is 23.8. The summed E-state index contributed by atoms with van der Waals surface area (Å²) in [7, 11) is 0. The monoisotopic (exact) mass is 323 g/mol. The van der Waals surface area contributed by atoms with Crippen LogP contribution >= 0.6 is 0 Å². The molecule has 0 atom stereocenters. The molecule has 124 valence electrons. The van der Waals surface area contributed by atoms with Gasteiger partial charge in [0.2, 0.25) is 0 Å². The van der Waals surface area contributed by atoms with Gasteiger partial charge < -0.3 is 10.1 Å². The number of amides is 1. The second-order valence-electron chi connectivity index (χ2n) is 6.32. The summed E-state index contributed by atoms with van der Waals surface area (Å²) in [6.07, 6.45) is 1.20. The highest BCUT2D eigenvalue weighted by molar-refractivity contribution is 6.01. The van der Waals surface area contributed by atoms with E-state index in [1.165, 1.54) is 5.56 Å². The SMILES string of the molecule is CC(C)c1ccc(NC(=O)COc2cccc3c2CCC3=O)cc1. The molecule has 3 rings (SSSR count). The van der Waals surface area contributed by atoms with Crippen LogP contribution in [0.15, 0.2) is 42.5 Å². The number of Topliss-reactive ketones (excluding diaryl/α,β-unsaturated/α-hetero) is 1. The van der Waals surface area contributed by atoms with Crippen molar-refractivity contribution in [2.75, 3.05) is 11.9 Å². The molecule has 1 aliphatic rings. The molecule has 0 spiro atoms. The third-order valence-electron chi connectivity index (χ3n) is 4.26. The van der Waals surface area contributed by atoms with Crippen molar-refractivity contribution in [1.29, 1.82) is 0 Å². The first kappa shape index (κ1) is 16.2. The summed E-state index contributed by atoms with van der Waals surface area (Å²) < 4.78 is 5.63. The maximum Gasteiger partial charge on any atom is 0.262 e. The van der Waals surface area contributed by atoms with Crippen molar-refractivity contribution in [2.45, 2.75) is 32.6 Å². The second kappa shape index (κ2) is 6.87. The zero-order valence-electron chi connectivity index (χ0n) is 14.0.